The van der Waals surface area contributed by atoms with Gasteiger partial charge in [-0.15, -0.1) is 0 Å². The number of nitrogens with one attached hydrogen (secondary N) is 1. The first-order chi connectivity index (χ1) is 8.04. The third-order valence-corrected chi connectivity index (χ3v) is 2.94. The average Bonchev–Trinajstić information content (AvgIpc) is 2.35. The van der Waals surface area contributed by atoms with Crippen LogP contribution in [0.15, 0.2) is 24.3 Å². The quantitative estimate of drug-likeness (QED) is 0.863. The van der Waals surface area contributed by atoms with Crippen LogP contribution in [-0.4, -0.2) is 5.91 Å². The molecule has 1 atom stereocenters. The highest BCUT2D eigenvalue weighted by atomic mass is 16.1. The second-order valence-electron chi connectivity index (χ2n) is 4.56. The molecule has 0 aromatic heterocycles. The predicted molar refractivity (Wildman–Crippen MR) is 67.0 cm³/mol. The average molecular weight is 230 g/mol. The molecule has 0 fully saturated rings. The normalized spacial score (nSPS) is 11.9. The molecular formula is C14H18N2O. The van der Waals surface area contributed by atoms with Crippen molar-refractivity contribution in [1.29, 1.82) is 5.26 Å². The Balaban J connectivity index is 2.56. The van der Waals surface area contributed by atoms with Crippen molar-refractivity contribution in [1.82, 2.24) is 5.32 Å². The Hall–Kier alpha value is -1.82. The molecule has 0 saturated carbocycles. The molecule has 3 nitrogen and oxygen atoms in total. The molecule has 0 aliphatic rings. The monoisotopic (exact) mass is 230 g/mol. The summed E-state index contributed by atoms with van der Waals surface area (Å²) in [5.41, 5.74) is 1.57. The van der Waals surface area contributed by atoms with Crippen molar-refractivity contribution in [2.24, 2.45) is 11.8 Å². The van der Waals surface area contributed by atoms with E-state index in [4.69, 9.17) is 5.26 Å². The Morgan fingerprint density at radius 1 is 1.41 bits per heavy atom. The van der Waals surface area contributed by atoms with Crippen LogP contribution in [0.4, 0.5) is 0 Å². The Morgan fingerprint density at radius 3 is 2.71 bits per heavy atom. The third kappa shape index (κ3) is 3.92. The van der Waals surface area contributed by atoms with E-state index in [1.807, 2.05) is 32.9 Å². The number of hydrogen-bond acceptors (Lipinski definition) is 2. The standard InChI is InChI=1S/C14H18N2O/c1-10(2)11(3)14(17)16-9-13-6-4-5-12(7-13)8-15/h4-7,10-11H,9H2,1-3H3,(H,16,17). The second-order valence-corrected chi connectivity index (χ2v) is 4.56. The predicted octanol–water partition coefficient (Wildman–Crippen LogP) is 2.47. The van der Waals surface area contributed by atoms with E-state index in [9.17, 15) is 4.79 Å². The molecule has 0 spiro atoms. The SMILES string of the molecule is CC(C)C(C)C(=O)NCc1cccc(C#N)c1. The van der Waals surface area contributed by atoms with Gasteiger partial charge < -0.3 is 5.32 Å². The number of carbonyl (C=O) groups is 1. The lowest BCUT2D eigenvalue weighted by Gasteiger charge is -2.15. The van der Waals surface area contributed by atoms with E-state index in [1.165, 1.54) is 0 Å². The van der Waals surface area contributed by atoms with Crippen LogP contribution in [0.3, 0.4) is 0 Å². The van der Waals surface area contributed by atoms with Crippen molar-refractivity contribution in [2.45, 2.75) is 27.3 Å². The Labute approximate surface area is 102 Å². The van der Waals surface area contributed by atoms with Gasteiger partial charge in [0.05, 0.1) is 11.6 Å². The molecule has 1 aromatic rings. The van der Waals surface area contributed by atoms with Crippen LogP contribution in [0.2, 0.25) is 0 Å². The van der Waals surface area contributed by atoms with Crippen molar-refractivity contribution >= 4 is 5.91 Å². The number of nitriles is 1. The van der Waals surface area contributed by atoms with Gasteiger partial charge in [0.25, 0.3) is 0 Å². The molecule has 1 amide bonds. The Bertz CT molecular complexity index is 432. The summed E-state index contributed by atoms with van der Waals surface area (Å²) in [5, 5.41) is 11.6. The van der Waals surface area contributed by atoms with Crippen molar-refractivity contribution in [3.63, 3.8) is 0 Å². The highest BCUT2D eigenvalue weighted by molar-refractivity contribution is 5.78. The number of nitrogens with zero attached hydrogens (tertiary/aromatic N) is 1. The van der Waals surface area contributed by atoms with Gasteiger partial charge in [-0.3, -0.25) is 4.79 Å². The van der Waals surface area contributed by atoms with E-state index in [1.54, 1.807) is 12.1 Å². The van der Waals surface area contributed by atoms with Crippen LogP contribution in [0, 0.1) is 23.2 Å². The minimum absolute atomic E-state index is 0.00847. The lowest BCUT2D eigenvalue weighted by molar-refractivity contribution is -0.125. The van der Waals surface area contributed by atoms with E-state index in [0.717, 1.165) is 5.56 Å². The molecule has 0 aliphatic heterocycles. The highest BCUT2D eigenvalue weighted by Gasteiger charge is 2.15. The third-order valence-electron chi connectivity index (χ3n) is 2.94. The van der Waals surface area contributed by atoms with Crippen LogP contribution in [0.25, 0.3) is 0 Å². The molecule has 0 heterocycles. The number of benzene rings is 1. The fourth-order valence-corrected chi connectivity index (χ4v) is 1.40. The van der Waals surface area contributed by atoms with Gasteiger partial charge in [0.2, 0.25) is 5.91 Å². The van der Waals surface area contributed by atoms with Crippen molar-refractivity contribution < 1.29 is 4.79 Å². The van der Waals surface area contributed by atoms with Crippen LogP contribution in [0.5, 0.6) is 0 Å². The Kier molecular flexibility index (Phi) is 4.71. The summed E-state index contributed by atoms with van der Waals surface area (Å²) in [7, 11) is 0. The molecule has 0 aliphatic carbocycles. The summed E-state index contributed by atoms with van der Waals surface area (Å²) in [6.45, 7) is 6.46. The fourth-order valence-electron chi connectivity index (χ4n) is 1.40. The molecule has 0 bridgehead atoms. The largest absolute Gasteiger partial charge is 0.352 e. The van der Waals surface area contributed by atoms with E-state index in [2.05, 4.69) is 11.4 Å². The number of amides is 1. The maximum absolute atomic E-state index is 11.7. The summed E-state index contributed by atoms with van der Waals surface area (Å²) in [6, 6.07) is 9.36. The van der Waals surface area contributed by atoms with Crippen LogP contribution < -0.4 is 5.32 Å². The highest BCUT2D eigenvalue weighted by Crippen LogP contribution is 2.10. The summed E-state index contributed by atoms with van der Waals surface area (Å²) in [6.07, 6.45) is 0. The number of hydrogen-bond donors (Lipinski definition) is 1. The summed E-state index contributed by atoms with van der Waals surface area (Å²) < 4.78 is 0. The smallest absolute Gasteiger partial charge is 0.223 e. The fraction of sp³-hybridized carbons (Fsp3) is 0.429. The Morgan fingerprint density at radius 2 is 2.12 bits per heavy atom. The zero-order chi connectivity index (χ0) is 12.8. The first-order valence-corrected chi connectivity index (χ1v) is 5.81. The van der Waals surface area contributed by atoms with E-state index in [0.29, 0.717) is 18.0 Å². The molecule has 1 rings (SSSR count). The van der Waals surface area contributed by atoms with Gasteiger partial charge >= 0.3 is 0 Å². The van der Waals surface area contributed by atoms with E-state index in [-0.39, 0.29) is 11.8 Å². The van der Waals surface area contributed by atoms with Gasteiger partial charge in [-0.1, -0.05) is 32.9 Å². The molecule has 0 radical (unpaired) electrons. The molecule has 0 saturated heterocycles. The maximum Gasteiger partial charge on any atom is 0.223 e. The summed E-state index contributed by atoms with van der Waals surface area (Å²) in [5.74, 6) is 0.400. The first-order valence-electron chi connectivity index (χ1n) is 5.81. The van der Waals surface area contributed by atoms with Gasteiger partial charge in [-0.2, -0.15) is 5.26 Å². The molecule has 1 N–H and O–H groups in total. The van der Waals surface area contributed by atoms with Crippen molar-refractivity contribution in [2.75, 3.05) is 0 Å². The number of rotatable bonds is 4. The number of carbonyl (C=O) groups excluding carboxylic acids is 1. The van der Waals surface area contributed by atoms with Crippen molar-refractivity contribution in [3.8, 4) is 6.07 Å². The topological polar surface area (TPSA) is 52.9 Å². The lowest BCUT2D eigenvalue weighted by atomic mass is 9.97. The summed E-state index contributed by atoms with van der Waals surface area (Å²) in [4.78, 5) is 11.7. The molecular weight excluding hydrogens is 212 g/mol. The first kappa shape index (κ1) is 13.2. The molecule has 17 heavy (non-hydrogen) atoms. The van der Waals surface area contributed by atoms with Gasteiger partial charge in [0.15, 0.2) is 0 Å². The van der Waals surface area contributed by atoms with Gasteiger partial charge in [0.1, 0.15) is 0 Å². The minimum Gasteiger partial charge on any atom is -0.352 e. The van der Waals surface area contributed by atoms with Crippen molar-refractivity contribution in [3.05, 3.63) is 35.4 Å². The zero-order valence-corrected chi connectivity index (χ0v) is 10.5. The van der Waals surface area contributed by atoms with Crippen LogP contribution in [0.1, 0.15) is 31.9 Å². The van der Waals surface area contributed by atoms with E-state index >= 15 is 0 Å². The van der Waals surface area contributed by atoms with Crippen LogP contribution in [-0.2, 0) is 11.3 Å². The van der Waals surface area contributed by atoms with Gasteiger partial charge in [0, 0.05) is 12.5 Å². The lowest BCUT2D eigenvalue weighted by Crippen LogP contribution is -2.31. The van der Waals surface area contributed by atoms with Crippen LogP contribution >= 0.6 is 0 Å². The zero-order valence-electron chi connectivity index (χ0n) is 10.5. The second kappa shape index (κ2) is 6.05. The molecule has 3 heteroatoms. The molecule has 1 aromatic carbocycles. The molecule has 1 unspecified atom stereocenters. The van der Waals surface area contributed by atoms with Gasteiger partial charge in [-0.25, -0.2) is 0 Å². The molecule has 90 valence electrons. The summed E-state index contributed by atoms with van der Waals surface area (Å²) >= 11 is 0. The maximum atomic E-state index is 11.7. The minimum atomic E-state index is 0.00847. The van der Waals surface area contributed by atoms with E-state index < -0.39 is 0 Å². The van der Waals surface area contributed by atoms with Gasteiger partial charge in [-0.05, 0) is 23.6 Å².